The van der Waals surface area contributed by atoms with E-state index in [9.17, 15) is 0 Å². The number of anilines is 1. The molecule has 3 rings (SSSR count). The zero-order chi connectivity index (χ0) is 12.5. The van der Waals surface area contributed by atoms with Crippen LogP contribution < -0.4 is 16.0 Å². The van der Waals surface area contributed by atoms with E-state index in [1.165, 1.54) is 12.8 Å². The molecule has 1 aromatic heterocycles. The minimum atomic E-state index is 0.785. The van der Waals surface area contributed by atoms with Gasteiger partial charge in [-0.15, -0.1) is 0 Å². The van der Waals surface area contributed by atoms with E-state index in [2.05, 4.69) is 5.43 Å². The molecule has 0 atom stereocenters. The van der Waals surface area contributed by atoms with Crippen LogP contribution in [-0.2, 0) is 6.42 Å². The summed E-state index contributed by atoms with van der Waals surface area (Å²) in [5, 5.41) is 0.993. The molecule has 3 N–H and O–H groups in total. The van der Waals surface area contributed by atoms with Gasteiger partial charge in [0.05, 0.1) is 24.0 Å². The molecule has 18 heavy (non-hydrogen) atoms. The van der Waals surface area contributed by atoms with Crippen molar-refractivity contribution in [1.82, 2.24) is 4.98 Å². The number of rotatable bonds is 4. The van der Waals surface area contributed by atoms with E-state index in [1.807, 2.05) is 24.3 Å². The first kappa shape index (κ1) is 11.3. The number of nitrogens with zero attached hydrogens (tertiary/aromatic N) is 1. The topological polar surface area (TPSA) is 60.2 Å². The molecule has 0 spiro atoms. The Hall–Kier alpha value is -1.81. The quantitative estimate of drug-likeness (QED) is 0.639. The van der Waals surface area contributed by atoms with Crippen molar-refractivity contribution in [2.45, 2.75) is 19.3 Å². The van der Waals surface area contributed by atoms with Crippen LogP contribution in [0, 0.1) is 5.92 Å². The highest BCUT2D eigenvalue weighted by atomic mass is 16.5. The van der Waals surface area contributed by atoms with Gasteiger partial charge in [-0.3, -0.25) is 10.8 Å². The number of nitrogens with two attached hydrogens (primary N) is 1. The Bertz CT molecular complexity index is 579. The predicted molar refractivity (Wildman–Crippen MR) is 72.5 cm³/mol. The Morgan fingerprint density at radius 3 is 2.94 bits per heavy atom. The molecule has 1 fully saturated rings. The van der Waals surface area contributed by atoms with E-state index in [0.29, 0.717) is 0 Å². The molecule has 4 heteroatoms. The van der Waals surface area contributed by atoms with Crippen LogP contribution >= 0.6 is 0 Å². The largest absolute Gasteiger partial charge is 0.496 e. The molecular formula is C14H17N3O. The van der Waals surface area contributed by atoms with Gasteiger partial charge in [-0.05, 0) is 43.4 Å². The number of benzene rings is 1. The first-order valence-corrected chi connectivity index (χ1v) is 6.25. The lowest BCUT2D eigenvalue weighted by atomic mass is 10.1. The van der Waals surface area contributed by atoms with Crippen molar-refractivity contribution < 1.29 is 4.74 Å². The molecule has 0 radical (unpaired) electrons. The van der Waals surface area contributed by atoms with Crippen LogP contribution in [0.15, 0.2) is 24.3 Å². The van der Waals surface area contributed by atoms with Gasteiger partial charge in [-0.25, -0.2) is 0 Å². The molecule has 1 saturated carbocycles. The average Bonchev–Trinajstić information content (AvgIpc) is 3.21. The highest BCUT2D eigenvalue weighted by Crippen LogP contribution is 2.35. The van der Waals surface area contributed by atoms with Crippen LogP contribution in [0.1, 0.15) is 18.5 Å². The molecule has 1 heterocycles. The number of pyridine rings is 1. The second-order valence-electron chi connectivity index (χ2n) is 4.80. The summed E-state index contributed by atoms with van der Waals surface area (Å²) in [5.74, 6) is 7.21. The van der Waals surface area contributed by atoms with Gasteiger partial charge >= 0.3 is 0 Å². The predicted octanol–water partition coefficient (Wildman–Crippen LogP) is 2.48. The average molecular weight is 243 g/mol. The molecular weight excluding hydrogens is 226 g/mol. The Morgan fingerprint density at radius 1 is 1.44 bits per heavy atom. The summed E-state index contributed by atoms with van der Waals surface area (Å²) < 4.78 is 5.35. The lowest BCUT2D eigenvalue weighted by molar-refractivity contribution is 0.420. The van der Waals surface area contributed by atoms with Gasteiger partial charge in [0.1, 0.15) is 5.75 Å². The number of hydrogen-bond acceptors (Lipinski definition) is 4. The molecule has 0 bridgehead atoms. The van der Waals surface area contributed by atoms with E-state index in [4.69, 9.17) is 15.6 Å². The maximum atomic E-state index is 5.60. The second kappa shape index (κ2) is 4.46. The van der Waals surface area contributed by atoms with Crippen LogP contribution in [0.25, 0.3) is 10.9 Å². The zero-order valence-electron chi connectivity index (χ0n) is 10.4. The standard InChI is InChI=1S/C14H17N3O/c1-18-14-4-2-3-11-10(14)8-13(17-15)12(16-11)7-9-5-6-9/h2-4,8-9,17H,5-7,15H2,1H3. The lowest BCUT2D eigenvalue weighted by Gasteiger charge is -2.11. The molecule has 1 aliphatic carbocycles. The molecule has 0 saturated heterocycles. The number of methoxy groups -OCH3 is 1. The molecule has 0 unspecified atom stereocenters. The van der Waals surface area contributed by atoms with Crippen molar-refractivity contribution in [1.29, 1.82) is 0 Å². The Balaban J connectivity index is 2.12. The molecule has 2 aromatic rings. The number of hydrazine groups is 1. The van der Waals surface area contributed by atoms with E-state index < -0.39 is 0 Å². The summed E-state index contributed by atoms with van der Waals surface area (Å²) in [6, 6.07) is 7.93. The number of hydrogen-bond donors (Lipinski definition) is 2. The second-order valence-corrected chi connectivity index (χ2v) is 4.80. The third-order valence-corrected chi connectivity index (χ3v) is 3.45. The third-order valence-electron chi connectivity index (χ3n) is 3.45. The maximum absolute atomic E-state index is 5.60. The SMILES string of the molecule is COc1cccc2nc(CC3CC3)c(NN)cc12. The fraction of sp³-hybridized carbons (Fsp3) is 0.357. The van der Waals surface area contributed by atoms with E-state index in [0.717, 1.165) is 40.4 Å². The molecule has 0 aliphatic heterocycles. The molecule has 94 valence electrons. The summed E-state index contributed by atoms with van der Waals surface area (Å²) in [6.45, 7) is 0. The van der Waals surface area contributed by atoms with Crippen molar-refractivity contribution in [3.05, 3.63) is 30.0 Å². The smallest absolute Gasteiger partial charge is 0.128 e. The van der Waals surface area contributed by atoms with Crippen molar-refractivity contribution >= 4 is 16.6 Å². The van der Waals surface area contributed by atoms with E-state index >= 15 is 0 Å². The molecule has 1 aromatic carbocycles. The summed E-state index contributed by atoms with van der Waals surface area (Å²) in [4.78, 5) is 4.71. The van der Waals surface area contributed by atoms with Crippen LogP contribution in [0.4, 0.5) is 5.69 Å². The zero-order valence-corrected chi connectivity index (χ0v) is 10.4. The summed E-state index contributed by atoms with van der Waals surface area (Å²) in [7, 11) is 1.67. The fourth-order valence-electron chi connectivity index (χ4n) is 2.26. The Morgan fingerprint density at radius 2 is 2.28 bits per heavy atom. The highest BCUT2D eigenvalue weighted by molar-refractivity contribution is 5.88. The molecule has 0 amide bonds. The minimum absolute atomic E-state index is 0.785. The number of nitrogens with one attached hydrogen (secondary N) is 1. The monoisotopic (exact) mass is 243 g/mol. The summed E-state index contributed by atoms with van der Waals surface area (Å²) in [6.07, 6.45) is 3.62. The van der Waals surface area contributed by atoms with Gasteiger partial charge in [-0.2, -0.15) is 0 Å². The van der Waals surface area contributed by atoms with Gasteiger partial charge in [0.15, 0.2) is 0 Å². The first-order chi connectivity index (χ1) is 8.81. The molecule has 1 aliphatic rings. The number of aromatic nitrogens is 1. The van der Waals surface area contributed by atoms with Gasteiger partial charge in [0, 0.05) is 5.39 Å². The van der Waals surface area contributed by atoms with Crippen molar-refractivity contribution in [2.24, 2.45) is 11.8 Å². The van der Waals surface area contributed by atoms with Gasteiger partial charge in [-0.1, -0.05) is 6.07 Å². The number of fused-ring (bicyclic) bond motifs is 1. The molecule has 4 nitrogen and oxygen atoms in total. The van der Waals surface area contributed by atoms with E-state index in [1.54, 1.807) is 7.11 Å². The normalized spacial score (nSPS) is 14.8. The van der Waals surface area contributed by atoms with Crippen molar-refractivity contribution in [2.75, 3.05) is 12.5 Å². The van der Waals surface area contributed by atoms with Crippen LogP contribution in [0.2, 0.25) is 0 Å². The van der Waals surface area contributed by atoms with Crippen LogP contribution in [-0.4, -0.2) is 12.1 Å². The lowest BCUT2D eigenvalue weighted by Crippen LogP contribution is -2.11. The number of ether oxygens (including phenoxy) is 1. The first-order valence-electron chi connectivity index (χ1n) is 6.25. The van der Waals surface area contributed by atoms with E-state index in [-0.39, 0.29) is 0 Å². The Kier molecular flexibility index (Phi) is 2.80. The summed E-state index contributed by atoms with van der Waals surface area (Å²) in [5.41, 5.74) is 5.67. The minimum Gasteiger partial charge on any atom is -0.496 e. The maximum Gasteiger partial charge on any atom is 0.128 e. The fourth-order valence-corrected chi connectivity index (χ4v) is 2.26. The number of nitrogen functional groups attached to an aromatic ring is 1. The van der Waals surface area contributed by atoms with Gasteiger partial charge < -0.3 is 10.2 Å². The van der Waals surface area contributed by atoms with Crippen molar-refractivity contribution in [3.63, 3.8) is 0 Å². The van der Waals surface area contributed by atoms with Crippen LogP contribution in [0.5, 0.6) is 5.75 Å². The third kappa shape index (κ3) is 1.99. The highest BCUT2D eigenvalue weighted by Gasteiger charge is 2.23. The summed E-state index contributed by atoms with van der Waals surface area (Å²) >= 11 is 0. The van der Waals surface area contributed by atoms with Gasteiger partial charge in [0.2, 0.25) is 0 Å². The van der Waals surface area contributed by atoms with Crippen molar-refractivity contribution in [3.8, 4) is 5.75 Å². The Labute approximate surface area is 106 Å². The van der Waals surface area contributed by atoms with Crippen LogP contribution in [0.3, 0.4) is 0 Å². The van der Waals surface area contributed by atoms with Gasteiger partial charge in [0.25, 0.3) is 0 Å².